The van der Waals surface area contributed by atoms with Gasteiger partial charge in [-0.05, 0) is 46.6 Å². The van der Waals surface area contributed by atoms with Gasteiger partial charge in [0, 0.05) is 0 Å². The monoisotopic (exact) mass is 409 g/mol. The molecule has 0 aliphatic heterocycles. The number of anilines is 1. The number of halogens is 2. The summed E-state index contributed by atoms with van der Waals surface area (Å²) in [6, 6.07) is 5.71. The first kappa shape index (κ1) is 16.3. The molecule has 0 aliphatic rings. The third kappa shape index (κ3) is 3.39. The van der Waals surface area contributed by atoms with E-state index in [9.17, 15) is 13.2 Å². The number of aryl methyl sites for hydroxylation is 1. The lowest BCUT2D eigenvalue weighted by Gasteiger charge is -2.10. The molecule has 0 fully saturated rings. The molecule has 2 rings (SSSR count). The highest BCUT2D eigenvalue weighted by atomic mass is 79.9. The molecule has 0 saturated heterocycles. The van der Waals surface area contributed by atoms with Crippen LogP contribution in [0.2, 0.25) is 5.02 Å². The van der Waals surface area contributed by atoms with Crippen LogP contribution in [-0.4, -0.2) is 19.5 Å². The zero-order valence-electron chi connectivity index (χ0n) is 10.6. The number of carbonyl (C=O) groups is 1. The lowest BCUT2D eigenvalue weighted by molar-refractivity contribution is 0.0698. The van der Waals surface area contributed by atoms with Crippen LogP contribution in [0.15, 0.2) is 32.3 Å². The summed E-state index contributed by atoms with van der Waals surface area (Å²) in [5.74, 6) is -1.30. The van der Waals surface area contributed by atoms with Crippen LogP contribution in [-0.2, 0) is 10.0 Å². The number of benzene rings is 1. The summed E-state index contributed by atoms with van der Waals surface area (Å²) in [7, 11) is -3.87. The number of rotatable bonds is 4. The molecule has 0 saturated carbocycles. The number of carboxylic acids is 1. The van der Waals surface area contributed by atoms with Crippen molar-refractivity contribution in [3.05, 3.63) is 44.2 Å². The summed E-state index contributed by atoms with van der Waals surface area (Å²) >= 11 is 10.1. The molecule has 5 nitrogen and oxygen atoms in total. The normalized spacial score (nSPS) is 11.4. The summed E-state index contributed by atoms with van der Waals surface area (Å²) in [4.78, 5) is 11.2. The Hall–Kier alpha value is -1.09. The molecular weight excluding hydrogens is 402 g/mol. The lowest BCUT2D eigenvalue weighted by atomic mass is 10.2. The maximum atomic E-state index is 12.3. The molecule has 1 heterocycles. The third-order valence-corrected chi connectivity index (χ3v) is 6.86. The minimum absolute atomic E-state index is 0.0359. The van der Waals surface area contributed by atoms with Crippen molar-refractivity contribution in [3.63, 3.8) is 0 Å². The molecule has 2 N–H and O–H groups in total. The standard InChI is InChI=1S/C12H9BrClNO4S2/c1-6-5-9(20-11(6)13)21(18,19)15-8-4-2-3-7(14)10(8)12(16)17/h2-5,15H,1H3,(H,16,17). The molecule has 0 aliphatic carbocycles. The predicted molar refractivity (Wildman–Crippen MR) is 86.0 cm³/mol. The van der Waals surface area contributed by atoms with Gasteiger partial charge in [-0.1, -0.05) is 17.7 Å². The predicted octanol–water partition coefficient (Wildman–Crippen LogP) is 3.97. The fourth-order valence-electron chi connectivity index (χ4n) is 1.59. The van der Waals surface area contributed by atoms with E-state index in [2.05, 4.69) is 20.7 Å². The first-order valence-corrected chi connectivity index (χ1v) is 9.00. The minimum atomic E-state index is -3.87. The Balaban J connectivity index is 2.47. The average molecular weight is 411 g/mol. The van der Waals surface area contributed by atoms with E-state index in [1.807, 2.05) is 0 Å². The maximum absolute atomic E-state index is 12.3. The SMILES string of the molecule is Cc1cc(S(=O)(=O)Nc2cccc(Cl)c2C(=O)O)sc1Br. The number of thiophene rings is 1. The van der Waals surface area contributed by atoms with Gasteiger partial charge in [-0.25, -0.2) is 13.2 Å². The zero-order chi connectivity index (χ0) is 15.8. The van der Waals surface area contributed by atoms with Crippen molar-refractivity contribution >= 4 is 60.5 Å². The van der Waals surface area contributed by atoms with Crippen LogP contribution in [0.4, 0.5) is 5.69 Å². The van der Waals surface area contributed by atoms with Crippen LogP contribution < -0.4 is 4.72 Å². The van der Waals surface area contributed by atoms with Gasteiger partial charge in [0.15, 0.2) is 0 Å². The van der Waals surface area contributed by atoms with Crippen molar-refractivity contribution < 1.29 is 18.3 Å². The zero-order valence-corrected chi connectivity index (χ0v) is 14.5. The number of hydrogen-bond donors (Lipinski definition) is 2. The van der Waals surface area contributed by atoms with Crippen LogP contribution in [0, 0.1) is 6.92 Å². The number of carboxylic acid groups (broad SMARTS) is 1. The van der Waals surface area contributed by atoms with Crippen LogP contribution in [0.5, 0.6) is 0 Å². The number of aromatic carboxylic acids is 1. The van der Waals surface area contributed by atoms with Crippen LogP contribution in [0.1, 0.15) is 15.9 Å². The van der Waals surface area contributed by atoms with Gasteiger partial charge in [0.05, 0.1) is 14.5 Å². The first-order valence-electron chi connectivity index (χ1n) is 5.53. The Morgan fingerprint density at radius 1 is 1.43 bits per heavy atom. The molecule has 0 unspecified atom stereocenters. The molecule has 2 aromatic rings. The molecule has 0 radical (unpaired) electrons. The van der Waals surface area contributed by atoms with Crippen molar-refractivity contribution in [2.45, 2.75) is 11.1 Å². The highest BCUT2D eigenvalue weighted by Gasteiger charge is 2.22. The second kappa shape index (κ2) is 5.96. The molecule has 0 spiro atoms. The summed E-state index contributed by atoms with van der Waals surface area (Å²) in [5.41, 5.74) is 0.428. The van der Waals surface area contributed by atoms with Gasteiger partial charge in [-0.15, -0.1) is 11.3 Å². The molecule has 21 heavy (non-hydrogen) atoms. The molecule has 9 heteroatoms. The molecule has 112 valence electrons. The van der Waals surface area contributed by atoms with Crippen molar-refractivity contribution in [3.8, 4) is 0 Å². The highest BCUT2D eigenvalue weighted by molar-refractivity contribution is 9.11. The molecule has 0 amide bonds. The summed E-state index contributed by atoms with van der Waals surface area (Å²) < 4.78 is 27.6. The summed E-state index contributed by atoms with van der Waals surface area (Å²) in [5, 5.41) is 9.10. The van der Waals surface area contributed by atoms with Crippen LogP contribution >= 0.6 is 38.9 Å². The van der Waals surface area contributed by atoms with E-state index in [-0.39, 0.29) is 20.5 Å². The van der Waals surface area contributed by atoms with Crippen molar-refractivity contribution in [2.24, 2.45) is 0 Å². The van der Waals surface area contributed by atoms with Gasteiger partial charge in [0.1, 0.15) is 9.77 Å². The smallest absolute Gasteiger partial charge is 0.339 e. The van der Waals surface area contributed by atoms with E-state index >= 15 is 0 Å². The Morgan fingerprint density at radius 3 is 2.62 bits per heavy atom. The number of hydrogen-bond acceptors (Lipinski definition) is 4. The molecule has 0 atom stereocenters. The lowest BCUT2D eigenvalue weighted by Crippen LogP contribution is -2.14. The van der Waals surface area contributed by atoms with Gasteiger partial charge in [-0.2, -0.15) is 0 Å². The second-order valence-electron chi connectivity index (χ2n) is 4.10. The molecule has 1 aromatic carbocycles. The Morgan fingerprint density at radius 2 is 2.10 bits per heavy atom. The van der Waals surface area contributed by atoms with Crippen LogP contribution in [0.25, 0.3) is 0 Å². The van der Waals surface area contributed by atoms with Crippen molar-refractivity contribution in [1.82, 2.24) is 0 Å². The Kier molecular flexibility index (Phi) is 4.62. The fraction of sp³-hybridized carbons (Fsp3) is 0.0833. The molecule has 0 bridgehead atoms. The molecular formula is C12H9BrClNO4S2. The minimum Gasteiger partial charge on any atom is -0.478 e. The quantitative estimate of drug-likeness (QED) is 0.799. The van der Waals surface area contributed by atoms with Gasteiger partial charge in [0.2, 0.25) is 0 Å². The summed E-state index contributed by atoms with van der Waals surface area (Å²) in [6.45, 7) is 1.77. The Labute approximate surface area is 138 Å². The third-order valence-electron chi connectivity index (χ3n) is 2.57. The number of sulfonamides is 1. The largest absolute Gasteiger partial charge is 0.478 e. The van der Waals surface area contributed by atoms with E-state index in [4.69, 9.17) is 16.7 Å². The molecule has 1 aromatic heterocycles. The maximum Gasteiger partial charge on any atom is 0.339 e. The highest BCUT2D eigenvalue weighted by Crippen LogP contribution is 2.33. The fourth-order valence-corrected chi connectivity index (χ4v) is 5.14. The van der Waals surface area contributed by atoms with E-state index in [1.165, 1.54) is 24.3 Å². The topological polar surface area (TPSA) is 83.5 Å². The van der Waals surface area contributed by atoms with E-state index in [1.54, 1.807) is 6.92 Å². The summed E-state index contributed by atoms with van der Waals surface area (Å²) in [6.07, 6.45) is 0. The Bertz CT molecular complexity index is 797. The second-order valence-corrected chi connectivity index (χ2v) is 8.78. The van der Waals surface area contributed by atoms with Crippen molar-refractivity contribution in [1.29, 1.82) is 0 Å². The van der Waals surface area contributed by atoms with Gasteiger partial charge in [0.25, 0.3) is 10.0 Å². The van der Waals surface area contributed by atoms with Crippen LogP contribution in [0.3, 0.4) is 0 Å². The van der Waals surface area contributed by atoms with E-state index in [0.29, 0.717) is 3.79 Å². The van der Waals surface area contributed by atoms with Crippen molar-refractivity contribution in [2.75, 3.05) is 4.72 Å². The number of nitrogens with one attached hydrogen (secondary N) is 1. The van der Waals surface area contributed by atoms with E-state index < -0.39 is 16.0 Å². The average Bonchev–Trinajstić information content (AvgIpc) is 2.69. The van der Waals surface area contributed by atoms with E-state index in [0.717, 1.165) is 16.9 Å². The first-order chi connectivity index (χ1) is 9.72. The van der Waals surface area contributed by atoms with Gasteiger partial charge < -0.3 is 5.11 Å². The van der Waals surface area contributed by atoms with Gasteiger partial charge in [-0.3, -0.25) is 4.72 Å². The van der Waals surface area contributed by atoms with Gasteiger partial charge >= 0.3 is 5.97 Å².